The smallest absolute Gasteiger partial charge is 0.320 e. The number of nitrogens with two attached hydrogens (primary N) is 1. The molecule has 1 heterocycles. The van der Waals surface area contributed by atoms with Crippen molar-refractivity contribution in [2.24, 2.45) is 5.73 Å². The first-order chi connectivity index (χ1) is 9.20. The minimum atomic E-state index is -4.57. The molecule has 2 N–H and O–H groups in total. The highest BCUT2D eigenvalue weighted by Gasteiger charge is 2.32. The zero-order valence-electron chi connectivity index (χ0n) is 9.64. The van der Waals surface area contributed by atoms with Gasteiger partial charge in [0.05, 0.1) is 20.3 Å². The van der Waals surface area contributed by atoms with Gasteiger partial charge in [0.15, 0.2) is 0 Å². The third kappa shape index (κ3) is 3.09. The lowest BCUT2D eigenvalue weighted by Gasteiger charge is -2.15. The molecule has 1 aromatic carbocycles. The summed E-state index contributed by atoms with van der Waals surface area (Å²) in [7, 11) is 0. The minimum Gasteiger partial charge on any atom is -0.320 e. The number of hydrogen-bond acceptors (Lipinski definition) is 2. The van der Waals surface area contributed by atoms with Crippen molar-refractivity contribution in [1.29, 1.82) is 0 Å². The van der Waals surface area contributed by atoms with Crippen LogP contribution < -0.4 is 5.73 Å². The second-order valence-corrected chi connectivity index (χ2v) is 6.28. The first kappa shape index (κ1) is 15.6. The molecule has 0 amide bonds. The summed E-state index contributed by atoms with van der Waals surface area (Å²) in [6.45, 7) is 0. The van der Waals surface area contributed by atoms with Crippen molar-refractivity contribution >= 4 is 34.5 Å². The Balaban J connectivity index is 2.49. The fourth-order valence-electron chi connectivity index (χ4n) is 1.69. The maximum Gasteiger partial charge on any atom is 0.416 e. The standard InChI is InChI=1S/C12H7Cl2F4NS/c13-9-4-7(11(14)20-9)10(19)6-3-5(12(16,17)18)1-2-8(6)15/h1-4,10H,19H2. The average molecular weight is 344 g/mol. The van der Waals surface area contributed by atoms with Gasteiger partial charge in [-0.25, -0.2) is 4.39 Å². The molecule has 0 aliphatic rings. The van der Waals surface area contributed by atoms with E-state index in [-0.39, 0.29) is 9.90 Å². The average Bonchev–Trinajstić information content (AvgIpc) is 2.66. The molecule has 2 rings (SSSR count). The van der Waals surface area contributed by atoms with Crippen molar-refractivity contribution in [3.8, 4) is 0 Å². The van der Waals surface area contributed by atoms with Crippen LogP contribution in [0, 0.1) is 5.82 Å². The van der Waals surface area contributed by atoms with Crippen molar-refractivity contribution < 1.29 is 17.6 Å². The summed E-state index contributed by atoms with van der Waals surface area (Å²) in [5, 5.41) is 0. The molecule has 1 unspecified atom stereocenters. The van der Waals surface area contributed by atoms with Crippen LogP contribution in [-0.4, -0.2) is 0 Å². The Morgan fingerprint density at radius 2 is 1.75 bits per heavy atom. The summed E-state index contributed by atoms with van der Waals surface area (Å²) < 4.78 is 52.2. The van der Waals surface area contributed by atoms with E-state index in [0.29, 0.717) is 22.0 Å². The number of alkyl halides is 3. The lowest BCUT2D eigenvalue weighted by atomic mass is 9.99. The SMILES string of the molecule is NC(c1cc(C(F)(F)F)ccc1F)c1cc(Cl)sc1Cl. The van der Waals surface area contributed by atoms with E-state index in [2.05, 4.69) is 0 Å². The van der Waals surface area contributed by atoms with E-state index < -0.39 is 23.6 Å². The van der Waals surface area contributed by atoms with Gasteiger partial charge in [-0.15, -0.1) is 11.3 Å². The first-order valence-corrected chi connectivity index (χ1v) is 6.84. The zero-order chi connectivity index (χ0) is 15.1. The molecule has 0 bridgehead atoms. The molecule has 2 aromatic rings. The summed E-state index contributed by atoms with van der Waals surface area (Å²) in [6.07, 6.45) is -4.57. The van der Waals surface area contributed by atoms with Crippen molar-refractivity contribution in [2.45, 2.75) is 12.2 Å². The Bertz CT molecular complexity index is 639. The van der Waals surface area contributed by atoms with Gasteiger partial charge in [0, 0.05) is 11.1 Å². The number of rotatable bonds is 2. The molecule has 0 fully saturated rings. The zero-order valence-corrected chi connectivity index (χ0v) is 12.0. The molecule has 108 valence electrons. The molecule has 0 spiro atoms. The first-order valence-electron chi connectivity index (χ1n) is 5.27. The predicted molar refractivity (Wildman–Crippen MR) is 71.8 cm³/mol. The van der Waals surface area contributed by atoms with Crippen LogP contribution in [0.4, 0.5) is 17.6 Å². The molecular formula is C12H7Cl2F4NS. The second kappa shape index (κ2) is 5.52. The van der Waals surface area contributed by atoms with E-state index in [9.17, 15) is 17.6 Å². The Hall–Kier alpha value is -0.820. The molecule has 20 heavy (non-hydrogen) atoms. The highest BCUT2D eigenvalue weighted by molar-refractivity contribution is 7.20. The van der Waals surface area contributed by atoms with E-state index in [0.717, 1.165) is 17.4 Å². The van der Waals surface area contributed by atoms with Crippen LogP contribution in [0.3, 0.4) is 0 Å². The molecule has 1 nitrogen and oxygen atoms in total. The predicted octanol–water partition coefficient (Wildman–Crippen LogP) is 5.26. The van der Waals surface area contributed by atoms with Crippen molar-refractivity contribution in [1.82, 2.24) is 0 Å². The summed E-state index contributed by atoms with van der Waals surface area (Å²) in [5.74, 6) is -0.830. The molecule has 1 aromatic heterocycles. The fraction of sp³-hybridized carbons (Fsp3) is 0.167. The quantitative estimate of drug-likeness (QED) is 0.739. The highest BCUT2D eigenvalue weighted by atomic mass is 35.5. The van der Waals surface area contributed by atoms with Crippen LogP contribution in [0.1, 0.15) is 22.7 Å². The summed E-state index contributed by atoms with van der Waals surface area (Å²) in [4.78, 5) is 0. The van der Waals surface area contributed by atoms with Crippen LogP contribution in [0.25, 0.3) is 0 Å². The topological polar surface area (TPSA) is 26.0 Å². The van der Waals surface area contributed by atoms with Crippen LogP contribution in [-0.2, 0) is 6.18 Å². The Labute approximate surface area is 125 Å². The van der Waals surface area contributed by atoms with Gasteiger partial charge >= 0.3 is 6.18 Å². The van der Waals surface area contributed by atoms with Crippen LogP contribution in [0.15, 0.2) is 24.3 Å². The molecule has 0 saturated heterocycles. The molecule has 0 aliphatic heterocycles. The Kier molecular flexibility index (Phi) is 4.30. The van der Waals surface area contributed by atoms with Gasteiger partial charge < -0.3 is 5.73 Å². The largest absolute Gasteiger partial charge is 0.416 e. The molecule has 0 radical (unpaired) electrons. The third-order valence-electron chi connectivity index (χ3n) is 2.68. The van der Waals surface area contributed by atoms with Crippen LogP contribution >= 0.6 is 34.5 Å². The maximum atomic E-state index is 13.7. The molecule has 0 aliphatic carbocycles. The number of thiophene rings is 1. The molecule has 8 heteroatoms. The lowest BCUT2D eigenvalue weighted by molar-refractivity contribution is -0.137. The minimum absolute atomic E-state index is 0.222. The van der Waals surface area contributed by atoms with Crippen molar-refractivity contribution in [3.05, 3.63) is 55.4 Å². The number of halogens is 6. The number of hydrogen-bond donors (Lipinski definition) is 1. The monoisotopic (exact) mass is 343 g/mol. The fourth-order valence-corrected chi connectivity index (χ4v) is 3.24. The van der Waals surface area contributed by atoms with Crippen molar-refractivity contribution in [3.63, 3.8) is 0 Å². The van der Waals surface area contributed by atoms with Crippen LogP contribution in [0.5, 0.6) is 0 Å². The van der Waals surface area contributed by atoms with Crippen LogP contribution in [0.2, 0.25) is 8.67 Å². The van der Waals surface area contributed by atoms with E-state index >= 15 is 0 Å². The normalized spacial score (nSPS) is 13.6. The second-order valence-electron chi connectivity index (χ2n) is 3.99. The van der Waals surface area contributed by atoms with Gasteiger partial charge in [0.1, 0.15) is 5.82 Å². The number of benzene rings is 1. The summed E-state index contributed by atoms with van der Waals surface area (Å²) in [5.41, 5.74) is 4.84. The molecular weight excluding hydrogens is 337 g/mol. The van der Waals surface area contributed by atoms with Gasteiger partial charge in [-0.2, -0.15) is 13.2 Å². The van der Waals surface area contributed by atoms with E-state index in [1.165, 1.54) is 6.07 Å². The van der Waals surface area contributed by atoms with Gasteiger partial charge in [0.25, 0.3) is 0 Å². The molecule has 1 atom stereocenters. The van der Waals surface area contributed by atoms with Gasteiger partial charge in [0.2, 0.25) is 0 Å². The van der Waals surface area contributed by atoms with Gasteiger partial charge in [-0.1, -0.05) is 23.2 Å². The van der Waals surface area contributed by atoms with Gasteiger partial charge in [-0.3, -0.25) is 0 Å². The Morgan fingerprint density at radius 3 is 2.25 bits per heavy atom. The third-order valence-corrected chi connectivity index (χ3v) is 4.19. The molecule has 0 saturated carbocycles. The van der Waals surface area contributed by atoms with Gasteiger partial charge in [-0.05, 0) is 24.3 Å². The van der Waals surface area contributed by atoms with E-state index in [1.54, 1.807) is 0 Å². The van der Waals surface area contributed by atoms with E-state index in [1.807, 2.05) is 0 Å². The highest BCUT2D eigenvalue weighted by Crippen LogP contribution is 2.38. The van der Waals surface area contributed by atoms with Crippen molar-refractivity contribution in [2.75, 3.05) is 0 Å². The lowest BCUT2D eigenvalue weighted by Crippen LogP contribution is -2.15. The Morgan fingerprint density at radius 1 is 1.10 bits per heavy atom. The summed E-state index contributed by atoms with van der Waals surface area (Å²) in [6, 6.07) is 2.38. The van der Waals surface area contributed by atoms with E-state index in [4.69, 9.17) is 28.9 Å². The maximum absolute atomic E-state index is 13.7. The summed E-state index contributed by atoms with van der Waals surface area (Å²) >= 11 is 12.6.